The van der Waals surface area contributed by atoms with Gasteiger partial charge in [-0.25, -0.2) is 9.59 Å². The highest BCUT2D eigenvalue weighted by atomic mass is 16.7. The first-order chi connectivity index (χ1) is 44.5. The van der Waals surface area contributed by atoms with Crippen molar-refractivity contribution in [1.82, 2.24) is 30.2 Å². The van der Waals surface area contributed by atoms with Gasteiger partial charge >= 0.3 is 12.3 Å². The number of piperazine rings is 2. The second-order valence-electron chi connectivity index (χ2n) is 25.6. The van der Waals surface area contributed by atoms with Gasteiger partial charge in [0.2, 0.25) is 25.4 Å². The van der Waals surface area contributed by atoms with E-state index in [0.29, 0.717) is 76.7 Å². The molecule has 12 rings (SSSR count). The molecule has 494 valence electrons. The zero-order valence-corrected chi connectivity index (χ0v) is 54.9. The quantitative estimate of drug-likeness (QED) is 0.0386. The topological polar surface area (TPSA) is 291 Å². The number of nitriles is 2. The Kier molecular flexibility index (Phi) is 18.7. The van der Waals surface area contributed by atoms with Crippen LogP contribution < -0.4 is 49.5 Å². The summed E-state index contributed by atoms with van der Waals surface area (Å²) >= 11 is 0. The lowest BCUT2D eigenvalue weighted by Crippen LogP contribution is -2.69. The van der Waals surface area contributed by atoms with Crippen molar-refractivity contribution in [3.05, 3.63) is 115 Å². The molecule has 8 aliphatic heterocycles. The third-order valence-electron chi connectivity index (χ3n) is 20.1. The number of phenols is 1. The van der Waals surface area contributed by atoms with Crippen LogP contribution in [0, 0.1) is 70.1 Å². The highest BCUT2D eigenvalue weighted by molar-refractivity contribution is 5.81. The number of phenolic OH excluding ortho intramolecular Hbond substituents is 1. The van der Waals surface area contributed by atoms with Gasteiger partial charge in [0.15, 0.2) is 29.8 Å². The van der Waals surface area contributed by atoms with E-state index in [-0.39, 0.29) is 112 Å². The van der Waals surface area contributed by atoms with Gasteiger partial charge in [0.05, 0.1) is 42.3 Å². The van der Waals surface area contributed by atoms with Crippen molar-refractivity contribution in [1.29, 1.82) is 10.5 Å². The van der Waals surface area contributed by atoms with Gasteiger partial charge in [0, 0.05) is 94.8 Å². The number of ether oxygens (including phenoxy) is 10. The fourth-order valence-electron chi connectivity index (χ4n) is 15.6. The van der Waals surface area contributed by atoms with Crippen LogP contribution in [-0.4, -0.2) is 159 Å². The number of methoxy groups -OCH3 is 1. The SMILES string of the molecule is C=CCOC(=O)Oc1c(C)c2c(c3c1CC1[C@H]4c5c(cc(C)c(C)c5O)C[C@@H]([C@H](C#N)N1[C@H]3CNC(=O)[C@H](C)N)N4C)OCO2.C=CCOC(=O)Oc1c(C)c2c(c3c1CC1[C@H]4c5c(cc(C)c(C)c5OCOC)C[C@@H]([C@H](C#N)N1[C@H]3CNC(=O)C(C)C)N4C)OCO2. The molecule has 5 N–H and O–H groups in total. The minimum Gasteiger partial charge on any atom is -0.507 e. The second kappa shape index (κ2) is 26.4. The first kappa shape index (κ1) is 65.9. The molecule has 4 aromatic rings. The zero-order valence-electron chi connectivity index (χ0n) is 54.9. The lowest BCUT2D eigenvalue weighted by molar-refractivity contribution is -0.125. The number of carbonyl (C=O) groups excluding carboxylic acids is 4. The van der Waals surface area contributed by atoms with Crippen molar-refractivity contribution in [3.63, 3.8) is 0 Å². The van der Waals surface area contributed by atoms with Crippen molar-refractivity contribution in [2.24, 2.45) is 11.7 Å². The Balaban J connectivity index is 0.000000191. The van der Waals surface area contributed by atoms with Crippen LogP contribution in [0.3, 0.4) is 0 Å². The Hall–Kier alpha value is -8.62. The Bertz CT molecular complexity index is 3800. The number of amides is 2. The molecule has 8 aliphatic rings. The number of nitrogens with two attached hydrogens (primary N) is 1. The maximum atomic E-state index is 13.1. The highest BCUT2D eigenvalue weighted by Crippen LogP contribution is 2.60. The first-order valence-corrected chi connectivity index (χ1v) is 31.5. The number of benzene rings is 4. The number of hydrogen-bond donors (Lipinski definition) is 4. The number of hydrogen-bond acceptors (Lipinski definition) is 22. The van der Waals surface area contributed by atoms with Crippen LogP contribution in [0.5, 0.6) is 46.0 Å². The molecule has 0 aliphatic carbocycles. The monoisotopic (exact) mass is 1280 g/mol. The van der Waals surface area contributed by atoms with Gasteiger partial charge < -0.3 is 68.8 Å². The fraction of sp³-hybridized carbons (Fsp3) is 0.507. The molecule has 4 aromatic carbocycles. The molecule has 8 heterocycles. The average molecular weight is 1280 g/mol. The number of carbonyl (C=O) groups is 4. The van der Waals surface area contributed by atoms with Crippen molar-refractivity contribution in [3.8, 4) is 58.1 Å². The molecule has 2 fully saturated rings. The van der Waals surface area contributed by atoms with Crippen LogP contribution >= 0.6 is 0 Å². The van der Waals surface area contributed by atoms with Crippen LogP contribution in [0.25, 0.3) is 0 Å². The van der Waals surface area contributed by atoms with Crippen LogP contribution in [-0.2, 0) is 49.5 Å². The minimum atomic E-state index is -0.897. The van der Waals surface area contributed by atoms with Crippen molar-refractivity contribution in [2.75, 3.05) is 67.9 Å². The fourth-order valence-corrected chi connectivity index (χ4v) is 15.6. The molecule has 0 spiro atoms. The van der Waals surface area contributed by atoms with Gasteiger partial charge in [-0.3, -0.25) is 29.2 Å². The normalized spacial score (nSPS) is 24.5. The van der Waals surface area contributed by atoms with Gasteiger partial charge in [0.25, 0.3) is 0 Å². The third kappa shape index (κ3) is 11.3. The molecule has 93 heavy (non-hydrogen) atoms. The molecule has 0 aromatic heterocycles. The number of aromatic hydroxyl groups is 1. The van der Waals surface area contributed by atoms with Crippen LogP contribution in [0.4, 0.5) is 9.59 Å². The Morgan fingerprint density at radius 2 is 1.09 bits per heavy atom. The summed E-state index contributed by atoms with van der Waals surface area (Å²) in [5.41, 5.74) is 17.9. The van der Waals surface area contributed by atoms with Crippen LogP contribution in [0.2, 0.25) is 0 Å². The number of nitrogens with one attached hydrogen (secondary N) is 2. The molecule has 2 amide bonds. The summed E-state index contributed by atoms with van der Waals surface area (Å²) in [5, 5.41) is 39.3. The summed E-state index contributed by atoms with van der Waals surface area (Å²) < 4.78 is 57.9. The van der Waals surface area contributed by atoms with Crippen molar-refractivity contribution in [2.45, 2.75) is 154 Å². The summed E-state index contributed by atoms with van der Waals surface area (Å²) in [4.78, 5) is 60.5. The number of fused-ring (bicyclic) bond motifs is 18. The molecule has 24 heteroatoms. The van der Waals surface area contributed by atoms with Gasteiger partial charge in [0.1, 0.15) is 48.3 Å². The van der Waals surface area contributed by atoms with E-state index < -0.39 is 42.5 Å². The van der Waals surface area contributed by atoms with Gasteiger partial charge in [-0.1, -0.05) is 51.3 Å². The number of rotatable bonds is 15. The molecule has 2 unspecified atom stereocenters. The maximum Gasteiger partial charge on any atom is 0.514 e. The lowest BCUT2D eigenvalue weighted by Gasteiger charge is -2.60. The summed E-state index contributed by atoms with van der Waals surface area (Å²) in [6.45, 7) is 24.4. The zero-order chi connectivity index (χ0) is 66.8. The second-order valence-corrected chi connectivity index (χ2v) is 25.6. The summed E-state index contributed by atoms with van der Waals surface area (Å²) in [7, 11) is 5.66. The molecule has 11 atom stereocenters. The van der Waals surface area contributed by atoms with E-state index >= 15 is 0 Å². The molecular formula is C69H83N9O15. The smallest absolute Gasteiger partial charge is 0.507 e. The van der Waals surface area contributed by atoms with E-state index in [1.807, 2.05) is 41.7 Å². The van der Waals surface area contributed by atoms with Gasteiger partial charge in [-0.05, 0) is 122 Å². The van der Waals surface area contributed by atoms with E-state index in [4.69, 9.17) is 53.1 Å². The Morgan fingerprint density at radius 1 is 0.645 bits per heavy atom. The summed E-state index contributed by atoms with van der Waals surface area (Å²) in [6.07, 6.45) is 3.11. The van der Waals surface area contributed by atoms with Gasteiger partial charge in [-0.15, -0.1) is 0 Å². The van der Waals surface area contributed by atoms with Crippen molar-refractivity contribution < 1.29 is 71.7 Å². The van der Waals surface area contributed by atoms with E-state index in [0.717, 1.165) is 61.4 Å². The first-order valence-electron chi connectivity index (χ1n) is 31.5. The molecular weight excluding hydrogens is 1190 g/mol. The van der Waals surface area contributed by atoms with Crippen LogP contribution in [0.1, 0.15) is 123 Å². The number of aryl methyl sites for hydroxylation is 2. The molecule has 2 saturated heterocycles. The molecule has 24 nitrogen and oxygen atoms in total. The van der Waals surface area contributed by atoms with E-state index in [1.165, 1.54) is 12.2 Å². The average Bonchev–Trinajstić information content (AvgIpc) is 1.32. The Morgan fingerprint density at radius 3 is 1.53 bits per heavy atom. The predicted octanol–water partition coefficient (Wildman–Crippen LogP) is 7.55. The largest absolute Gasteiger partial charge is 0.514 e. The minimum absolute atomic E-state index is 0.0106. The van der Waals surface area contributed by atoms with E-state index in [9.17, 15) is 34.8 Å². The summed E-state index contributed by atoms with van der Waals surface area (Å²) in [6, 6.07) is 5.08. The third-order valence-corrected chi connectivity index (χ3v) is 20.1. The van der Waals surface area contributed by atoms with Crippen molar-refractivity contribution >= 4 is 24.1 Å². The number of likely N-dealkylation sites (N-methyl/N-ethyl adjacent to an activating group) is 2. The highest BCUT2D eigenvalue weighted by Gasteiger charge is 2.59. The van der Waals surface area contributed by atoms with E-state index in [2.05, 4.69) is 88.6 Å². The predicted molar refractivity (Wildman–Crippen MR) is 338 cm³/mol. The van der Waals surface area contributed by atoms with E-state index in [1.54, 1.807) is 21.0 Å². The number of nitrogens with zero attached hydrogens (tertiary/aromatic N) is 6. The summed E-state index contributed by atoms with van der Waals surface area (Å²) in [5.74, 6) is 2.85. The Labute approximate surface area is 541 Å². The van der Waals surface area contributed by atoms with Gasteiger partial charge in [-0.2, -0.15) is 10.5 Å². The maximum absolute atomic E-state index is 13.1. The lowest BCUT2D eigenvalue weighted by atomic mass is 9.71. The van der Waals surface area contributed by atoms with Crippen LogP contribution in [0.15, 0.2) is 37.4 Å². The molecule has 0 saturated carbocycles. The molecule has 4 bridgehead atoms. The standard InChI is InChI=1S/C36H44N4O8.C33H39N5O7/c1-9-10-44-36(42)48-31-21(6)33-34(47-17-46-33)29-23(31)13-25-30-28-22(11-19(4)20(5)32(28)45-16-43-8)12-24(39(30)7)26(14-37)40(25)27(29)15-38-35(41)18(2)3;1-7-8-42-33(41)45-29-17(4)30-31(44-14-43-30)26-20(29)11-22-27-25-19(9-15(2)16(3)28(25)39)10-21(37(27)6)23(12-34)38(22)24(26)13-36-32(40)18(5)35/h9,11,18,24-27,30H,1,10,12-13,15-17H2,2-8H3,(H,38,41);7,9,18,21-24,27,39H,1,8,10-11,13-14,35H2,2-6H3,(H,36,40)/t24-,25?,26-,27-,30-;18-,21-,22?,23-,24-,27-/m00/s1. The molecule has 0 radical (unpaired) electrons.